The van der Waals surface area contributed by atoms with E-state index in [-0.39, 0.29) is 11.8 Å². The summed E-state index contributed by atoms with van der Waals surface area (Å²) < 4.78 is 5.40. The van der Waals surface area contributed by atoms with Gasteiger partial charge in [0.05, 0.1) is 6.10 Å². The van der Waals surface area contributed by atoms with Crippen LogP contribution in [0.5, 0.6) is 0 Å². The van der Waals surface area contributed by atoms with Crippen LogP contribution in [0.25, 0.3) is 0 Å². The Kier molecular flexibility index (Phi) is 3.79. The van der Waals surface area contributed by atoms with Gasteiger partial charge in [-0.25, -0.2) is 0 Å². The number of amides is 1. The lowest BCUT2D eigenvalue weighted by Gasteiger charge is -2.33. The van der Waals surface area contributed by atoms with Crippen molar-refractivity contribution in [2.24, 2.45) is 5.92 Å². The minimum absolute atomic E-state index is 0.128. The molecule has 17 heavy (non-hydrogen) atoms. The average molecular weight is 255 g/mol. The second-order valence-electron chi connectivity index (χ2n) is 4.41. The molecular weight excluding hydrogens is 238 g/mol. The Morgan fingerprint density at radius 2 is 2.35 bits per heavy atom. The molecule has 1 aliphatic rings. The van der Waals surface area contributed by atoms with E-state index in [1.165, 1.54) is 11.8 Å². The predicted molar refractivity (Wildman–Crippen MR) is 66.2 cm³/mol. The molecule has 1 N–H and O–H groups in total. The van der Waals surface area contributed by atoms with E-state index in [4.69, 9.17) is 4.42 Å². The average Bonchev–Trinajstić information content (AvgIpc) is 2.80. The number of furan rings is 1. The van der Waals surface area contributed by atoms with Crippen molar-refractivity contribution in [1.82, 2.24) is 4.90 Å². The van der Waals surface area contributed by atoms with Crippen LogP contribution < -0.4 is 0 Å². The van der Waals surface area contributed by atoms with Crippen molar-refractivity contribution in [3.63, 3.8) is 0 Å². The van der Waals surface area contributed by atoms with E-state index >= 15 is 0 Å². The lowest BCUT2D eigenvalue weighted by atomic mass is 9.96. The smallest absolute Gasteiger partial charge is 0.289 e. The van der Waals surface area contributed by atoms with Gasteiger partial charge in [-0.3, -0.25) is 4.79 Å². The van der Waals surface area contributed by atoms with E-state index in [0.29, 0.717) is 18.8 Å². The van der Waals surface area contributed by atoms with Crippen molar-refractivity contribution < 1.29 is 14.3 Å². The number of aliphatic hydroxyl groups excluding tert-OH is 1. The number of carbonyl (C=O) groups is 1. The van der Waals surface area contributed by atoms with Gasteiger partial charge in [-0.1, -0.05) is 18.7 Å². The summed E-state index contributed by atoms with van der Waals surface area (Å²) in [6, 6.07) is 3.49. The Hall–Kier alpha value is -0.940. The highest BCUT2D eigenvalue weighted by Crippen LogP contribution is 2.22. The van der Waals surface area contributed by atoms with Crippen LogP contribution >= 0.6 is 11.8 Å². The van der Waals surface area contributed by atoms with E-state index in [0.717, 1.165) is 11.5 Å². The van der Waals surface area contributed by atoms with Gasteiger partial charge in [-0.05, 0) is 30.7 Å². The van der Waals surface area contributed by atoms with Crippen LogP contribution in [0.2, 0.25) is 0 Å². The van der Waals surface area contributed by atoms with Gasteiger partial charge in [0.2, 0.25) is 0 Å². The fourth-order valence-corrected chi connectivity index (χ4v) is 2.31. The molecular formula is C12H17NO3S. The second-order valence-corrected chi connectivity index (χ2v) is 5.22. The van der Waals surface area contributed by atoms with Gasteiger partial charge in [0.15, 0.2) is 10.9 Å². The number of piperidine rings is 1. The maximum atomic E-state index is 12.1. The highest BCUT2D eigenvalue weighted by molar-refractivity contribution is 7.98. The molecule has 0 saturated carbocycles. The molecule has 0 aromatic carbocycles. The summed E-state index contributed by atoms with van der Waals surface area (Å²) >= 11 is 1.47. The summed E-state index contributed by atoms with van der Waals surface area (Å²) in [6.07, 6.45) is 2.31. The van der Waals surface area contributed by atoms with E-state index in [2.05, 4.69) is 0 Å². The van der Waals surface area contributed by atoms with Gasteiger partial charge in [0.25, 0.3) is 5.91 Å². The Morgan fingerprint density at radius 1 is 1.59 bits per heavy atom. The van der Waals surface area contributed by atoms with Crippen LogP contribution in [0.1, 0.15) is 23.9 Å². The zero-order valence-corrected chi connectivity index (χ0v) is 10.9. The molecule has 5 heteroatoms. The highest BCUT2D eigenvalue weighted by atomic mass is 32.2. The van der Waals surface area contributed by atoms with Crippen molar-refractivity contribution in [2.45, 2.75) is 24.5 Å². The normalized spacial score (nSPS) is 25.0. The number of aliphatic hydroxyl groups is 1. The summed E-state index contributed by atoms with van der Waals surface area (Å²) in [5.41, 5.74) is 0. The van der Waals surface area contributed by atoms with Gasteiger partial charge in [-0.2, -0.15) is 0 Å². The summed E-state index contributed by atoms with van der Waals surface area (Å²) in [4.78, 5) is 13.8. The molecule has 0 spiro atoms. The number of thioether (sulfide) groups is 1. The molecule has 0 bridgehead atoms. The molecule has 2 unspecified atom stereocenters. The van der Waals surface area contributed by atoms with Crippen LogP contribution in [0.15, 0.2) is 21.6 Å². The second kappa shape index (κ2) is 5.14. The van der Waals surface area contributed by atoms with Crippen molar-refractivity contribution >= 4 is 17.7 Å². The largest absolute Gasteiger partial charge is 0.445 e. The Balaban J connectivity index is 2.05. The molecule has 2 heterocycles. The number of β-amino-alcohol motifs (C(OH)–C–C–N with tert-alkyl or cyclic N) is 1. The number of hydrogen-bond acceptors (Lipinski definition) is 4. The number of rotatable bonds is 2. The lowest BCUT2D eigenvalue weighted by Crippen LogP contribution is -2.45. The first kappa shape index (κ1) is 12.5. The van der Waals surface area contributed by atoms with E-state index in [9.17, 15) is 9.90 Å². The Labute approximate surface area is 105 Å². The third-order valence-corrected chi connectivity index (χ3v) is 3.82. The first-order valence-corrected chi connectivity index (χ1v) is 6.95. The number of likely N-dealkylation sites (tertiary alicyclic amines) is 1. The van der Waals surface area contributed by atoms with Crippen LogP contribution in [-0.4, -0.2) is 41.4 Å². The molecule has 2 atom stereocenters. The molecule has 2 rings (SSSR count). The molecule has 1 amide bonds. The number of nitrogens with zero attached hydrogens (tertiary/aromatic N) is 1. The first-order valence-electron chi connectivity index (χ1n) is 5.73. The van der Waals surface area contributed by atoms with Gasteiger partial charge in [0, 0.05) is 13.1 Å². The first-order chi connectivity index (χ1) is 8.11. The zero-order valence-electron chi connectivity index (χ0n) is 10.0. The molecule has 1 aliphatic heterocycles. The Morgan fingerprint density at radius 3 is 2.94 bits per heavy atom. The maximum Gasteiger partial charge on any atom is 0.289 e. The van der Waals surface area contributed by atoms with E-state index in [1.54, 1.807) is 17.0 Å². The zero-order chi connectivity index (χ0) is 12.4. The van der Waals surface area contributed by atoms with Gasteiger partial charge in [0.1, 0.15) is 0 Å². The maximum absolute atomic E-state index is 12.1. The molecule has 1 aromatic rings. The van der Waals surface area contributed by atoms with Gasteiger partial charge in [-0.15, -0.1) is 0 Å². The van der Waals surface area contributed by atoms with Crippen molar-refractivity contribution in [2.75, 3.05) is 19.3 Å². The lowest BCUT2D eigenvalue weighted by molar-refractivity contribution is 0.0228. The van der Waals surface area contributed by atoms with Crippen LogP contribution in [0.4, 0.5) is 0 Å². The molecule has 0 radical (unpaired) electrons. The minimum Gasteiger partial charge on any atom is -0.445 e. The van der Waals surface area contributed by atoms with E-state index < -0.39 is 6.10 Å². The fraction of sp³-hybridized carbons (Fsp3) is 0.583. The SMILES string of the molecule is CSc1ccc(C(=O)N2CCC(C)C(O)C2)o1. The number of carbonyl (C=O) groups excluding carboxylic acids is 1. The summed E-state index contributed by atoms with van der Waals surface area (Å²) in [7, 11) is 0. The van der Waals surface area contributed by atoms with Gasteiger partial charge >= 0.3 is 0 Å². The summed E-state index contributed by atoms with van der Waals surface area (Å²) in [6.45, 7) is 3.09. The van der Waals surface area contributed by atoms with Crippen LogP contribution in [0.3, 0.4) is 0 Å². The molecule has 1 saturated heterocycles. The van der Waals surface area contributed by atoms with Crippen molar-refractivity contribution in [3.8, 4) is 0 Å². The molecule has 1 fully saturated rings. The molecule has 94 valence electrons. The third-order valence-electron chi connectivity index (χ3n) is 3.20. The summed E-state index contributed by atoms with van der Waals surface area (Å²) in [5, 5.41) is 10.5. The molecule has 0 aliphatic carbocycles. The Bertz CT molecular complexity index is 404. The molecule has 4 nitrogen and oxygen atoms in total. The number of hydrogen-bond donors (Lipinski definition) is 1. The highest BCUT2D eigenvalue weighted by Gasteiger charge is 2.29. The van der Waals surface area contributed by atoms with Gasteiger partial charge < -0.3 is 14.4 Å². The summed E-state index contributed by atoms with van der Waals surface area (Å²) in [5.74, 6) is 0.491. The fourth-order valence-electron chi connectivity index (χ4n) is 1.93. The van der Waals surface area contributed by atoms with E-state index in [1.807, 2.05) is 13.2 Å². The monoisotopic (exact) mass is 255 g/mol. The predicted octanol–water partition coefficient (Wildman–Crippen LogP) is 1.84. The van der Waals surface area contributed by atoms with Crippen molar-refractivity contribution in [1.29, 1.82) is 0 Å². The third kappa shape index (κ3) is 2.66. The van der Waals surface area contributed by atoms with Crippen molar-refractivity contribution in [3.05, 3.63) is 17.9 Å². The van der Waals surface area contributed by atoms with Crippen LogP contribution in [-0.2, 0) is 0 Å². The van der Waals surface area contributed by atoms with Crippen LogP contribution in [0, 0.1) is 5.92 Å². The molecule has 1 aromatic heterocycles. The quantitative estimate of drug-likeness (QED) is 0.819. The minimum atomic E-state index is -0.428. The topological polar surface area (TPSA) is 53.7 Å². The standard InChI is InChI=1S/C12H17NO3S/c1-8-5-6-13(7-9(8)14)12(15)10-3-4-11(16-10)17-2/h3-4,8-9,14H,5-7H2,1-2H3.